The van der Waals surface area contributed by atoms with Gasteiger partial charge >= 0.3 is 0 Å². The lowest BCUT2D eigenvalue weighted by Crippen LogP contribution is -1.94. The average Bonchev–Trinajstić information content (AvgIpc) is 2.75. The first-order valence-corrected chi connectivity index (χ1v) is 6.97. The zero-order chi connectivity index (χ0) is 12.3. The Labute approximate surface area is 110 Å². The van der Waals surface area contributed by atoms with Crippen molar-refractivity contribution in [3.8, 4) is 11.8 Å². The number of methoxy groups -OCH3 is 1. The first-order chi connectivity index (χ1) is 8.24. The van der Waals surface area contributed by atoms with Gasteiger partial charge in [0.25, 0.3) is 0 Å². The SMILES string of the molecule is COc1ccc(C#N)c(N=c2ssnc2Cl)c1. The van der Waals surface area contributed by atoms with Crippen LogP contribution < -0.4 is 9.41 Å². The van der Waals surface area contributed by atoms with Crippen LogP contribution in [0.15, 0.2) is 23.2 Å². The molecule has 0 spiro atoms. The Balaban J connectivity index is 2.59. The highest BCUT2D eigenvalue weighted by Crippen LogP contribution is 2.24. The summed E-state index contributed by atoms with van der Waals surface area (Å²) in [6.45, 7) is 0. The van der Waals surface area contributed by atoms with Crippen LogP contribution in [0.5, 0.6) is 5.75 Å². The van der Waals surface area contributed by atoms with Gasteiger partial charge in [0, 0.05) is 16.6 Å². The second kappa shape index (κ2) is 5.27. The second-order valence-corrected chi connectivity index (χ2v) is 5.14. The summed E-state index contributed by atoms with van der Waals surface area (Å²) in [5, 5.41) is 9.34. The van der Waals surface area contributed by atoms with Crippen molar-refractivity contribution < 1.29 is 4.74 Å². The zero-order valence-corrected chi connectivity index (χ0v) is 11.1. The van der Waals surface area contributed by atoms with E-state index in [4.69, 9.17) is 21.6 Å². The summed E-state index contributed by atoms with van der Waals surface area (Å²) in [6.07, 6.45) is 0. The van der Waals surface area contributed by atoms with Crippen LogP contribution >= 0.6 is 32.5 Å². The summed E-state index contributed by atoms with van der Waals surface area (Å²) < 4.78 is 9.62. The van der Waals surface area contributed by atoms with Crippen molar-refractivity contribution in [3.63, 3.8) is 0 Å². The Morgan fingerprint density at radius 3 is 2.94 bits per heavy atom. The molecule has 1 heterocycles. The number of nitrogens with zero attached hydrogens (tertiary/aromatic N) is 3. The number of ether oxygens (including phenoxy) is 1. The third-order valence-electron chi connectivity index (χ3n) is 1.96. The van der Waals surface area contributed by atoms with E-state index in [9.17, 15) is 0 Å². The normalized spacial score (nSPS) is 11.2. The summed E-state index contributed by atoms with van der Waals surface area (Å²) in [4.78, 5) is 4.31. The van der Waals surface area contributed by atoms with E-state index in [2.05, 4.69) is 15.4 Å². The molecule has 1 aromatic heterocycles. The lowest BCUT2D eigenvalue weighted by atomic mass is 10.2. The van der Waals surface area contributed by atoms with Crippen molar-refractivity contribution in [3.05, 3.63) is 33.6 Å². The monoisotopic (exact) mass is 283 g/mol. The van der Waals surface area contributed by atoms with Gasteiger partial charge in [-0.15, -0.1) is 0 Å². The Morgan fingerprint density at radius 1 is 1.53 bits per heavy atom. The van der Waals surface area contributed by atoms with Gasteiger partial charge in [0.2, 0.25) is 0 Å². The molecule has 7 heteroatoms. The van der Waals surface area contributed by atoms with Gasteiger partial charge in [-0.05, 0) is 22.5 Å². The Bertz CT molecular complexity index is 641. The highest BCUT2D eigenvalue weighted by atomic mass is 35.5. The Morgan fingerprint density at radius 2 is 2.35 bits per heavy atom. The average molecular weight is 284 g/mol. The number of aromatic nitrogens is 1. The minimum Gasteiger partial charge on any atom is -0.497 e. The molecule has 0 saturated heterocycles. The molecule has 0 radical (unpaired) electrons. The van der Waals surface area contributed by atoms with E-state index in [-0.39, 0.29) is 0 Å². The van der Waals surface area contributed by atoms with Gasteiger partial charge in [-0.2, -0.15) is 9.64 Å². The van der Waals surface area contributed by atoms with Crippen molar-refractivity contribution in [2.24, 2.45) is 4.99 Å². The predicted molar refractivity (Wildman–Crippen MR) is 67.9 cm³/mol. The fraction of sp³-hybridized carbons (Fsp3) is 0.100. The second-order valence-electron chi connectivity index (χ2n) is 2.95. The van der Waals surface area contributed by atoms with Gasteiger partial charge in [0.15, 0.2) is 9.82 Å². The number of rotatable bonds is 2. The lowest BCUT2D eigenvalue weighted by Gasteiger charge is -2.01. The van der Waals surface area contributed by atoms with Gasteiger partial charge < -0.3 is 4.74 Å². The van der Waals surface area contributed by atoms with Crippen LogP contribution in [0.2, 0.25) is 5.15 Å². The van der Waals surface area contributed by atoms with Crippen molar-refractivity contribution in [2.45, 2.75) is 0 Å². The third kappa shape index (κ3) is 2.64. The van der Waals surface area contributed by atoms with E-state index in [1.807, 2.05) is 0 Å². The third-order valence-corrected chi connectivity index (χ3v) is 4.13. The summed E-state index contributed by atoms with van der Waals surface area (Å²) in [6, 6.07) is 7.15. The van der Waals surface area contributed by atoms with E-state index in [0.717, 1.165) is 0 Å². The maximum atomic E-state index is 8.99. The molecule has 2 aromatic rings. The molecule has 0 unspecified atom stereocenters. The molecule has 0 bridgehead atoms. The van der Waals surface area contributed by atoms with Crippen LogP contribution in [-0.2, 0) is 0 Å². The fourth-order valence-electron chi connectivity index (χ4n) is 1.16. The molecule has 1 aromatic carbocycles. The summed E-state index contributed by atoms with van der Waals surface area (Å²) in [5.74, 6) is 0.645. The molecule has 0 saturated carbocycles. The molecule has 0 aliphatic rings. The van der Waals surface area contributed by atoms with Crippen molar-refractivity contribution in [1.82, 2.24) is 4.37 Å². The molecule has 0 amide bonds. The van der Waals surface area contributed by atoms with E-state index in [1.165, 1.54) is 20.9 Å². The topological polar surface area (TPSA) is 58.3 Å². The number of hydrogen-bond acceptors (Lipinski definition) is 6. The minimum absolute atomic E-state index is 0.353. The van der Waals surface area contributed by atoms with Crippen LogP contribution in [0.4, 0.5) is 5.69 Å². The maximum absolute atomic E-state index is 8.99. The van der Waals surface area contributed by atoms with Gasteiger partial charge in [0.05, 0.1) is 18.4 Å². The van der Waals surface area contributed by atoms with Crippen LogP contribution in [-0.4, -0.2) is 11.5 Å². The number of nitriles is 1. The Hall–Kier alpha value is -1.42. The van der Waals surface area contributed by atoms with E-state index < -0.39 is 0 Å². The Kier molecular flexibility index (Phi) is 3.74. The minimum atomic E-state index is 0.353. The molecule has 86 valence electrons. The molecule has 0 fully saturated rings. The molecule has 0 atom stereocenters. The molecule has 0 N–H and O–H groups in total. The molecule has 0 aliphatic carbocycles. The summed E-state index contributed by atoms with van der Waals surface area (Å²) >= 11 is 5.86. The molecule has 2 rings (SSSR count). The van der Waals surface area contributed by atoms with Gasteiger partial charge in [-0.1, -0.05) is 11.6 Å². The van der Waals surface area contributed by atoms with Crippen molar-refractivity contribution in [1.29, 1.82) is 5.26 Å². The largest absolute Gasteiger partial charge is 0.497 e. The van der Waals surface area contributed by atoms with Gasteiger partial charge in [-0.25, -0.2) is 4.99 Å². The predicted octanol–water partition coefficient (Wildman–Crippen LogP) is 2.97. The standard InChI is InChI=1S/C10H6ClN3OS2/c1-15-7-3-2-6(5-12)8(4-7)13-10-9(11)14-17-16-10/h2-4H,1H3. The quantitative estimate of drug-likeness (QED) is 0.796. The smallest absolute Gasteiger partial charge is 0.179 e. The molecule has 17 heavy (non-hydrogen) atoms. The molecular formula is C10H6ClN3OS2. The van der Waals surface area contributed by atoms with Crippen LogP contribution in [0.3, 0.4) is 0 Å². The first kappa shape index (κ1) is 12.0. The molecular weight excluding hydrogens is 278 g/mol. The first-order valence-electron chi connectivity index (χ1n) is 4.49. The fourth-order valence-corrected chi connectivity index (χ4v) is 3.14. The van der Waals surface area contributed by atoms with Gasteiger partial charge in [0.1, 0.15) is 11.8 Å². The number of halogens is 1. The zero-order valence-electron chi connectivity index (χ0n) is 8.68. The summed E-state index contributed by atoms with van der Waals surface area (Å²) in [7, 11) is 4.18. The van der Waals surface area contributed by atoms with Crippen LogP contribution in [0.25, 0.3) is 0 Å². The number of hydrogen-bond donors (Lipinski definition) is 0. The highest BCUT2D eigenvalue weighted by molar-refractivity contribution is 7.66. The highest BCUT2D eigenvalue weighted by Gasteiger charge is 2.04. The van der Waals surface area contributed by atoms with E-state index >= 15 is 0 Å². The van der Waals surface area contributed by atoms with E-state index in [1.54, 1.807) is 25.3 Å². The molecule has 0 aliphatic heterocycles. The van der Waals surface area contributed by atoms with Crippen LogP contribution in [0, 0.1) is 11.3 Å². The summed E-state index contributed by atoms with van der Waals surface area (Å²) in [5.41, 5.74) is 1.01. The maximum Gasteiger partial charge on any atom is 0.179 e. The number of benzene rings is 1. The van der Waals surface area contributed by atoms with E-state index in [0.29, 0.717) is 26.8 Å². The van der Waals surface area contributed by atoms with Crippen molar-refractivity contribution in [2.75, 3.05) is 7.11 Å². The van der Waals surface area contributed by atoms with Gasteiger partial charge in [-0.3, -0.25) is 0 Å². The lowest BCUT2D eigenvalue weighted by molar-refractivity contribution is 0.415. The molecule has 4 nitrogen and oxygen atoms in total. The van der Waals surface area contributed by atoms with Crippen molar-refractivity contribution >= 4 is 38.2 Å². The van der Waals surface area contributed by atoms with Crippen LogP contribution in [0.1, 0.15) is 5.56 Å².